The molecule has 0 aromatic heterocycles. The van der Waals surface area contributed by atoms with E-state index in [1.165, 1.54) is 12.8 Å². The molecule has 18 heavy (non-hydrogen) atoms. The maximum atomic E-state index is 8.85. The fourth-order valence-corrected chi connectivity index (χ4v) is 1.84. The van der Waals surface area contributed by atoms with Gasteiger partial charge < -0.3 is 10.1 Å². The molecule has 1 aliphatic rings. The number of nitriles is 1. The Morgan fingerprint density at radius 1 is 1.44 bits per heavy atom. The maximum absolute atomic E-state index is 8.85. The maximum Gasteiger partial charge on any atom is 0.0994 e. The number of hydrogen-bond donors (Lipinski definition) is 1. The summed E-state index contributed by atoms with van der Waals surface area (Å²) in [5.74, 6) is 0.846. The first-order chi connectivity index (χ1) is 8.79. The molecule has 1 aliphatic carbocycles. The van der Waals surface area contributed by atoms with Crippen LogP contribution in [0.25, 0.3) is 0 Å². The highest BCUT2D eigenvalue weighted by atomic mass is 16.5. The van der Waals surface area contributed by atoms with E-state index in [4.69, 9.17) is 10.00 Å². The van der Waals surface area contributed by atoms with Crippen molar-refractivity contribution in [3.63, 3.8) is 0 Å². The van der Waals surface area contributed by atoms with E-state index in [-0.39, 0.29) is 0 Å². The second-order valence-corrected chi connectivity index (χ2v) is 4.94. The van der Waals surface area contributed by atoms with Crippen LogP contribution in [0.1, 0.15) is 30.4 Å². The van der Waals surface area contributed by atoms with Crippen molar-refractivity contribution in [2.24, 2.45) is 5.92 Å². The Kier molecular flexibility index (Phi) is 4.60. The number of aryl methyl sites for hydroxylation is 1. The van der Waals surface area contributed by atoms with Crippen molar-refractivity contribution in [2.75, 3.05) is 25.1 Å². The van der Waals surface area contributed by atoms with Gasteiger partial charge in [0.25, 0.3) is 0 Å². The van der Waals surface area contributed by atoms with E-state index in [1.807, 2.05) is 25.1 Å². The van der Waals surface area contributed by atoms with Gasteiger partial charge in [0.05, 0.1) is 11.6 Å². The summed E-state index contributed by atoms with van der Waals surface area (Å²) < 4.78 is 5.57. The lowest BCUT2D eigenvalue weighted by atomic mass is 10.1. The predicted molar refractivity (Wildman–Crippen MR) is 72.5 cm³/mol. The molecule has 1 aromatic rings. The molecule has 0 atom stereocenters. The van der Waals surface area contributed by atoms with Gasteiger partial charge in [0.2, 0.25) is 0 Å². The number of hydrogen-bond acceptors (Lipinski definition) is 3. The Bertz CT molecular complexity index is 433. The molecule has 0 amide bonds. The molecule has 0 bridgehead atoms. The molecule has 96 valence electrons. The molecule has 0 spiro atoms. The Labute approximate surface area is 109 Å². The second-order valence-electron chi connectivity index (χ2n) is 4.94. The molecule has 1 saturated carbocycles. The van der Waals surface area contributed by atoms with Crippen molar-refractivity contribution in [2.45, 2.75) is 26.2 Å². The molecule has 3 nitrogen and oxygen atoms in total. The largest absolute Gasteiger partial charge is 0.385 e. The topological polar surface area (TPSA) is 45.0 Å². The molecule has 1 N–H and O–H groups in total. The van der Waals surface area contributed by atoms with Gasteiger partial charge in [-0.15, -0.1) is 0 Å². The zero-order chi connectivity index (χ0) is 12.8. The molecule has 3 heteroatoms. The Morgan fingerprint density at radius 2 is 2.28 bits per heavy atom. The fourth-order valence-electron chi connectivity index (χ4n) is 1.84. The molecule has 0 unspecified atom stereocenters. The van der Waals surface area contributed by atoms with E-state index in [2.05, 4.69) is 11.4 Å². The minimum absolute atomic E-state index is 0.744. The summed E-state index contributed by atoms with van der Waals surface area (Å²) in [5.41, 5.74) is 2.84. The highest BCUT2D eigenvalue weighted by Crippen LogP contribution is 2.28. The first kappa shape index (κ1) is 12.9. The third-order valence-electron chi connectivity index (χ3n) is 3.19. The van der Waals surface area contributed by atoms with Crippen LogP contribution in [0.5, 0.6) is 0 Å². The van der Waals surface area contributed by atoms with Gasteiger partial charge >= 0.3 is 0 Å². The lowest BCUT2D eigenvalue weighted by Gasteiger charge is -2.08. The average molecular weight is 244 g/mol. The highest BCUT2D eigenvalue weighted by Gasteiger charge is 2.20. The second kappa shape index (κ2) is 6.42. The van der Waals surface area contributed by atoms with Gasteiger partial charge in [-0.2, -0.15) is 5.26 Å². The van der Waals surface area contributed by atoms with E-state index in [1.54, 1.807) is 0 Å². The summed E-state index contributed by atoms with van der Waals surface area (Å²) in [6.07, 6.45) is 3.72. The van der Waals surface area contributed by atoms with E-state index in [0.717, 1.165) is 48.9 Å². The fraction of sp³-hybridized carbons (Fsp3) is 0.533. The first-order valence-corrected chi connectivity index (χ1v) is 6.62. The molecule has 0 saturated heterocycles. The van der Waals surface area contributed by atoms with Crippen LogP contribution in [-0.2, 0) is 4.74 Å². The van der Waals surface area contributed by atoms with Crippen molar-refractivity contribution in [3.8, 4) is 6.07 Å². The molecule has 0 aliphatic heterocycles. The summed E-state index contributed by atoms with van der Waals surface area (Å²) >= 11 is 0. The van der Waals surface area contributed by atoms with Crippen LogP contribution < -0.4 is 5.32 Å². The quantitative estimate of drug-likeness (QED) is 0.750. The van der Waals surface area contributed by atoms with Gasteiger partial charge in [-0.05, 0) is 55.9 Å². The number of rotatable bonds is 7. The third kappa shape index (κ3) is 4.05. The normalized spacial score (nSPS) is 14.2. The number of ether oxygens (including phenoxy) is 1. The predicted octanol–water partition coefficient (Wildman–Crippen LogP) is 3.10. The smallest absolute Gasteiger partial charge is 0.0994 e. The van der Waals surface area contributed by atoms with Gasteiger partial charge in [0, 0.05) is 25.4 Å². The number of benzene rings is 1. The molecule has 1 aromatic carbocycles. The average Bonchev–Trinajstić information content (AvgIpc) is 3.18. The van der Waals surface area contributed by atoms with E-state index < -0.39 is 0 Å². The standard InChI is InChI=1S/C15H20N2O/c1-12-9-15(6-5-14(12)10-16)17-7-2-8-18-11-13-3-4-13/h5-6,9,13,17H,2-4,7-8,11H2,1H3. The van der Waals surface area contributed by atoms with Crippen LogP contribution >= 0.6 is 0 Å². The minimum atomic E-state index is 0.744. The molecular formula is C15H20N2O. The summed E-state index contributed by atoms with van der Waals surface area (Å²) in [5, 5.41) is 12.2. The Hall–Kier alpha value is -1.53. The van der Waals surface area contributed by atoms with Gasteiger partial charge in [0.1, 0.15) is 0 Å². The summed E-state index contributed by atoms with van der Waals surface area (Å²) in [7, 11) is 0. The summed E-state index contributed by atoms with van der Waals surface area (Å²) in [4.78, 5) is 0. The van der Waals surface area contributed by atoms with Gasteiger partial charge in [-0.3, -0.25) is 0 Å². The van der Waals surface area contributed by atoms with Crippen molar-refractivity contribution in [1.29, 1.82) is 5.26 Å². The highest BCUT2D eigenvalue weighted by molar-refractivity contribution is 5.51. The molecule has 1 fully saturated rings. The van der Waals surface area contributed by atoms with Crippen LogP contribution in [0.2, 0.25) is 0 Å². The van der Waals surface area contributed by atoms with Crippen LogP contribution in [0.15, 0.2) is 18.2 Å². The van der Waals surface area contributed by atoms with Crippen LogP contribution in [0, 0.1) is 24.2 Å². The van der Waals surface area contributed by atoms with E-state index in [9.17, 15) is 0 Å². The zero-order valence-corrected chi connectivity index (χ0v) is 10.9. The van der Waals surface area contributed by atoms with Crippen molar-refractivity contribution >= 4 is 5.69 Å². The van der Waals surface area contributed by atoms with Gasteiger partial charge in [-0.25, -0.2) is 0 Å². The lowest BCUT2D eigenvalue weighted by molar-refractivity contribution is 0.124. The van der Waals surface area contributed by atoms with Gasteiger partial charge in [-0.1, -0.05) is 0 Å². The molecule has 0 radical (unpaired) electrons. The zero-order valence-electron chi connectivity index (χ0n) is 10.9. The number of nitrogens with zero attached hydrogens (tertiary/aromatic N) is 1. The number of anilines is 1. The lowest BCUT2D eigenvalue weighted by Crippen LogP contribution is -2.07. The summed E-state index contributed by atoms with van der Waals surface area (Å²) in [6, 6.07) is 8.01. The van der Waals surface area contributed by atoms with Crippen molar-refractivity contribution in [3.05, 3.63) is 29.3 Å². The van der Waals surface area contributed by atoms with E-state index >= 15 is 0 Å². The van der Waals surface area contributed by atoms with Crippen molar-refractivity contribution < 1.29 is 4.74 Å². The third-order valence-corrected chi connectivity index (χ3v) is 3.19. The number of nitrogens with one attached hydrogen (secondary N) is 1. The van der Waals surface area contributed by atoms with Crippen LogP contribution in [0.3, 0.4) is 0 Å². The van der Waals surface area contributed by atoms with Crippen LogP contribution in [0.4, 0.5) is 5.69 Å². The van der Waals surface area contributed by atoms with Gasteiger partial charge in [0.15, 0.2) is 0 Å². The molecular weight excluding hydrogens is 224 g/mol. The molecule has 0 heterocycles. The monoisotopic (exact) mass is 244 g/mol. The Balaban J connectivity index is 1.63. The van der Waals surface area contributed by atoms with Crippen LogP contribution in [-0.4, -0.2) is 19.8 Å². The van der Waals surface area contributed by atoms with Crippen molar-refractivity contribution in [1.82, 2.24) is 0 Å². The minimum Gasteiger partial charge on any atom is -0.385 e. The first-order valence-electron chi connectivity index (χ1n) is 6.62. The SMILES string of the molecule is Cc1cc(NCCCOCC2CC2)ccc1C#N. The molecule has 2 rings (SSSR count). The van der Waals surface area contributed by atoms with E-state index in [0.29, 0.717) is 0 Å². The Morgan fingerprint density at radius 3 is 2.94 bits per heavy atom. The summed E-state index contributed by atoms with van der Waals surface area (Å²) in [6.45, 7) is 4.65.